The van der Waals surface area contributed by atoms with Gasteiger partial charge < -0.3 is 10.1 Å². The van der Waals surface area contributed by atoms with Crippen LogP contribution >= 0.6 is 27.7 Å². The molecule has 140 valence electrons. The number of fused-ring (bicyclic) bond motifs is 1. The van der Waals surface area contributed by atoms with Crippen LogP contribution in [0, 0.1) is 0 Å². The Labute approximate surface area is 164 Å². The highest BCUT2D eigenvalue weighted by Gasteiger charge is 2.18. The number of hydrogen-bond acceptors (Lipinski definition) is 5. The Morgan fingerprint density at radius 3 is 2.92 bits per heavy atom. The topological polar surface area (TPSA) is 73.2 Å². The van der Waals surface area contributed by atoms with Gasteiger partial charge in [0.2, 0.25) is 5.91 Å². The second-order valence-corrected chi connectivity index (χ2v) is 8.20. The van der Waals surface area contributed by atoms with Gasteiger partial charge in [0.05, 0.1) is 29.8 Å². The van der Waals surface area contributed by atoms with Gasteiger partial charge in [-0.15, -0.1) is 0 Å². The van der Waals surface area contributed by atoms with Crippen molar-refractivity contribution in [2.45, 2.75) is 43.4 Å². The number of amides is 1. The molecule has 0 bridgehead atoms. The molecule has 1 N–H and O–H groups in total. The number of thioether (sulfide) groups is 1. The first-order chi connectivity index (χ1) is 12.6. The van der Waals surface area contributed by atoms with Crippen molar-refractivity contribution < 1.29 is 9.53 Å². The number of rotatable bonds is 7. The van der Waals surface area contributed by atoms with Gasteiger partial charge in [0.1, 0.15) is 0 Å². The first kappa shape index (κ1) is 19.4. The maximum absolute atomic E-state index is 12.9. The van der Waals surface area contributed by atoms with Crippen LogP contribution in [0.4, 0.5) is 0 Å². The molecule has 6 nitrogen and oxygen atoms in total. The molecule has 1 aromatic carbocycles. The summed E-state index contributed by atoms with van der Waals surface area (Å²) >= 11 is 4.69. The summed E-state index contributed by atoms with van der Waals surface area (Å²) in [5.41, 5.74) is 0.512. The summed E-state index contributed by atoms with van der Waals surface area (Å²) < 4.78 is 7.54. The molecule has 1 aromatic heterocycles. The highest BCUT2D eigenvalue weighted by atomic mass is 79.9. The minimum absolute atomic E-state index is 0.00894. The van der Waals surface area contributed by atoms with Gasteiger partial charge in [0, 0.05) is 17.6 Å². The van der Waals surface area contributed by atoms with E-state index < -0.39 is 0 Å². The lowest BCUT2D eigenvalue weighted by Gasteiger charge is -2.14. The van der Waals surface area contributed by atoms with E-state index in [1.54, 1.807) is 17.7 Å². The summed E-state index contributed by atoms with van der Waals surface area (Å²) in [6.07, 6.45) is 4.46. The van der Waals surface area contributed by atoms with E-state index in [2.05, 4.69) is 26.2 Å². The van der Waals surface area contributed by atoms with Crippen molar-refractivity contribution in [3.8, 4) is 0 Å². The van der Waals surface area contributed by atoms with Crippen LogP contribution in [-0.2, 0) is 16.1 Å². The molecule has 0 saturated heterocycles. The van der Waals surface area contributed by atoms with Gasteiger partial charge in [-0.1, -0.05) is 40.5 Å². The van der Waals surface area contributed by atoms with Crippen LogP contribution in [0.1, 0.15) is 25.7 Å². The maximum atomic E-state index is 12.9. The van der Waals surface area contributed by atoms with Crippen LogP contribution in [0.2, 0.25) is 0 Å². The second kappa shape index (κ2) is 9.01. The predicted octanol–water partition coefficient (Wildman–Crippen LogP) is 2.96. The van der Waals surface area contributed by atoms with E-state index in [1.807, 2.05) is 12.1 Å². The second-order valence-electron chi connectivity index (χ2n) is 6.34. The third-order valence-electron chi connectivity index (χ3n) is 4.45. The summed E-state index contributed by atoms with van der Waals surface area (Å²) in [7, 11) is 1.60. The molecular formula is C18H22BrN3O3S. The number of nitrogens with zero attached hydrogens (tertiary/aromatic N) is 2. The Balaban J connectivity index is 1.81. The molecule has 1 aliphatic carbocycles. The van der Waals surface area contributed by atoms with Gasteiger partial charge in [0.15, 0.2) is 5.16 Å². The number of methoxy groups -OCH3 is 1. The minimum Gasteiger partial charge on any atom is -0.383 e. The lowest BCUT2D eigenvalue weighted by Crippen LogP contribution is -2.34. The fourth-order valence-electron chi connectivity index (χ4n) is 3.13. The molecular weight excluding hydrogens is 418 g/mol. The van der Waals surface area contributed by atoms with Crippen molar-refractivity contribution in [1.29, 1.82) is 0 Å². The molecule has 1 fully saturated rings. The largest absolute Gasteiger partial charge is 0.383 e. The van der Waals surface area contributed by atoms with E-state index in [-0.39, 0.29) is 17.2 Å². The molecule has 26 heavy (non-hydrogen) atoms. The Kier molecular flexibility index (Phi) is 6.72. The smallest absolute Gasteiger partial charge is 0.262 e. The zero-order valence-electron chi connectivity index (χ0n) is 14.7. The molecule has 1 amide bonds. The fraction of sp³-hybridized carbons (Fsp3) is 0.500. The van der Waals surface area contributed by atoms with Gasteiger partial charge >= 0.3 is 0 Å². The molecule has 0 radical (unpaired) electrons. The standard InChI is InChI=1S/C18H22BrN3O3S/c1-25-9-8-22-17(24)14-10-12(19)6-7-15(14)21-18(22)26-11-16(23)20-13-4-2-3-5-13/h6-7,10,13H,2-5,8-9,11H2,1H3,(H,20,23). The van der Waals surface area contributed by atoms with E-state index in [0.29, 0.717) is 35.3 Å². The summed E-state index contributed by atoms with van der Waals surface area (Å²) in [6.45, 7) is 0.806. The van der Waals surface area contributed by atoms with Crippen LogP contribution in [0.3, 0.4) is 0 Å². The lowest BCUT2D eigenvalue weighted by molar-refractivity contribution is -0.119. The third kappa shape index (κ3) is 4.66. The van der Waals surface area contributed by atoms with Crippen LogP contribution < -0.4 is 10.9 Å². The van der Waals surface area contributed by atoms with Crippen LogP contribution in [0.25, 0.3) is 10.9 Å². The zero-order valence-corrected chi connectivity index (χ0v) is 17.1. The highest BCUT2D eigenvalue weighted by Crippen LogP contribution is 2.21. The van der Waals surface area contributed by atoms with Crippen molar-refractivity contribution in [2.24, 2.45) is 0 Å². The lowest BCUT2D eigenvalue weighted by atomic mass is 10.2. The van der Waals surface area contributed by atoms with Gasteiger partial charge in [-0.25, -0.2) is 4.98 Å². The Morgan fingerprint density at radius 1 is 1.42 bits per heavy atom. The number of ether oxygens (including phenoxy) is 1. The normalized spacial score (nSPS) is 14.8. The van der Waals surface area contributed by atoms with Crippen molar-refractivity contribution in [2.75, 3.05) is 19.5 Å². The molecule has 1 saturated carbocycles. The summed E-state index contributed by atoms with van der Waals surface area (Å²) in [4.78, 5) is 29.7. The quantitative estimate of drug-likeness (QED) is 0.530. The Morgan fingerprint density at radius 2 is 2.19 bits per heavy atom. The Bertz CT molecular complexity index is 849. The molecule has 1 heterocycles. The molecule has 0 aliphatic heterocycles. The van der Waals surface area contributed by atoms with Gasteiger partial charge in [-0.2, -0.15) is 0 Å². The number of aromatic nitrogens is 2. The average molecular weight is 440 g/mol. The fourth-order valence-corrected chi connectivity index (χ4v) is 4.33. The van der Waals surface area contributed by atoms with Crippen molar-refractivity contribution in [3.05, 3.63) is 33.0 Å². The average Bonchev–Trinajstić information content (AvgIpc) is 3.13. The van der Waals surface area contributed by atoms with Gasteiger partial charge in [-0.3, -0.25) is 14.2 Å². The van der Waals surface area contributed by atoms with Crippen LogP contribution in [-0.4, -0.2) is 41.0 Å². The first-order valence-electron chi connectivity index (χ1n) is 8.69. The molecule has 0 spiro atoms. The van der Waals surface area contributed by atoms with Crippen LogP contribution in [0.15, 0.2) is 32.6 Å². The number of benzene rings is 1. The Hall–Kier alpha value is -1.38. The zero-order chi connectivity index (χ0) is 18.5. The molecule has 0 unspecified atom stereocenters. The minimum atomic E-state index is -0.118. The van der Waals surface area contributed by atoms with Crippen molar-refractivity contribution in [3.63, 3.8) is 0 Å². The summed E-state index contributed by atoms with van der Waals surface area (Å²) in [5.74, 6) is 0.239. The monoisotopic (exact) mass is 439 g/mol. The molecule has 1 aliphatic rings. The number of carbonyl (C=O) groups is 1. The highest BCUT2D eigenvalue weighted by molar-refractivity contribution is 9.10. The number of carbonyl (C=O) groups excluding carboxylic acids is 1. The molecule has 8 heteroatoms. The van der Waals surface area contributed by atoms with Crippen LogP contribution in [0.5, 0.6) is 0 Å². The van der Waals surface area contributed by atoms with E-state index >= 15 is 0 Å². The number of nitrogens with one attached hydrogen (secondary N) is 1. The van der Waals surface area contributed by atoms with Crippen molar-refractivity contribution in [1.82, 2.24) is 14.9 Å². The number of halogens is 1. The maximum Gasteiger partial charge on any atom is 0.262 e. The van der Waals surface area contributed by atoms with Gasteiger partial charge in [-0.05, 0) is 31.0 Å². The molecule has 2 aromatic rings. The van der Waals surface area contributed by atoms with Crippen molar-refractivity contribution >= 4 is 44.5 Å². The van der Waals surface area contributed by atoms with E-state index in [9.17, 15) is 9.59 Å². The van der Waals surface area contributed by atoms with E-state index in [0.717, 1.165) is 17.3 Å². The summed E-state index contributed by atoms with van der Waals surface area (Å²) in [6, 6.07) is 5.73. The molecule has 3 rings (SSSR count). The third-order valence-corrected chi connectivity index (χ3v) is 5.92. The SMILES string of the molecule is COCCn1c(SCC(=O)NC2CCCC2)nc2ccc(Br)cc2c1=O. The first-order valence-corrected chi connectivity index (χ1v) is 10.5. The predicted molar refractivity (Wildman–Crippen MR) is 107 cm³/mol. The van der Waals surface area contributed by atoms with E-state index in [1.165, 1.54) is 24.6 Å². The van der Waals surface area contributed by atoms with Gasteiger partial charge in [0.25, 0.3) is 5.56 Å². The summed E-state index contributed by atoms with van der Waals surface area (Å²) in [5, 5.41) is 4.16. The molecule has 0 atom stereocenters. The number of hydrogen-bond donors (Lipinski definition) is 1. The van der Waals surface area contributed by atoms with E-state index in [4.69, 9.17) is 4.74 Å².